The Kier molecular flexibility index (Phi) is 3.69. The van der Waals surface area contributed by atoms with Crippen molar-refractivity contribution in [1.29, 1.82) is 0 Å². The van der Waals surface area contributed by atoms with E-state index >= 15 is 0 Å². The Balaban J connectivity index is 1.63. The Morgan fingerprint density at radius 1 is 1.14 bits per heavy atom. The molecule has 0 fully saturated rings. The summed E-state index contributed by atoms with van der Waals surface area (Å²) in [7, 11) is 0. The van der Waals surface area contributed by atoms with Crippen molar-refractivity contribution in [3.05, 3.63) is 66.0 Å². The van der Waals surface area contributed by atoms with Gasteiger partial charge in [0.25, 0.3) is 0 Å². The van der Waals surface area contributed by atoms with Crippen LogP contribution in [0.3, 0.4) is 0 Å². The van der Waals surface area contributed by atoms with E-state index in [0.29, 0.717) is 6.54 Å². The lowest BCUT2D eigenvalue weighted by atomic mass is 10.1. The van der Waals surface area contributed by atoms with Gasteiger partial charge in [0.2, 0.25) is 0 Å². The molecular formula is C17H17N3O. The molecular weight excluding hydrogens is 262 g/mol. The predicted molar refractivity (Wildman–Crippen MR) is 83.4 cm³/mol. The van der Waals surface area contributed by atoms with Crippen molar-refractivity contribution >= 4 is 17.1 Å². The van der Waals surface area contributed by atoms with Crippen molar-refractivity contribution in [2.75, 3.05) is 6.54 Å². The van der Waals surface area contributed by atoms with E-state index in [1.54, 1.807) is 10.9 Å². The first kappa shape index (κ1) is 13.4. The van der Waals surface area contributed by atoms with Crippen LogP contribution in [0.2, 0.25) is 0 Å². The summed E-state index contributed by atoms with van der Waals surface area (Å²) in [6, 6.07) is 15.8. The van der Waals surface area contributed by atoms with Gasteiger partial charge in [-0.15, -0.1) is 0 Å². The summed E-state index contributed by atoms with van der Waals surface area (Å²) >= 11 is 0. The van der Waals surface area contributed by atoms with Gasteiger partial charge in [0.15, 0.2) is 0 Å². The number of carbonyl (C=O) groups is 1. The summed E-state index contributed by atoms with van der Waals surface area (Å²) in [6.45, 7) is 2.67. The van der Waals surface area contributed by atoms with Gasteiger partial charge in [-0.1, -0.05) is 42.0 Å². The maximum absolute atomic E-state index is 12.2. The number of imidazole rings is 1. The van der Waals surface area contributed by atoms with Crippen molar-refractivity contribution in [1.82, 2.24) is 14.9 Å². The van der Waals surface area contributed by atoms with Crippen LogP contribution in [0.4, 0.5) is 4.79 Å². The maximum atomic E-state index is 12.2. The molecule has 1 aromatic heterocycles. The zero-order valence-corrected chi connectivity index (χ0v) is 11.9. The van der Waals surface area contributed by atoms with Gasteiger partial charge < -0.3 is 5.32 Å². The average Bonchev–Trinajstić information content (AvgIpc) is 2.93. The van der Waals surface area contributed by atoms with Gasteiger partial charge in [-0.25, -0.2) is 9.78 Å². The fourth-order valence-electron chi connectivity index (χ4n) is 2.27. The number of nitrogens with zero attached hydrogens (tertiary/aromatic N) is 2. The van der Waals surface area contributed by atoms with E-state index < -0.39 is 0 Å². The number of aryl methyl sites for hydroxylation is 1. The van der Waals surface area contributed by atoms with Gasteiger partial charge in [0.05, 0.1) is 11.0 Å². The minimum absolute atomic E-state index is 0.143. The summed E-state index contributed by atoms with van der Waals surface area (Å²) in [5.74, 6) is 0. The molecule has 0 bridgehead atoms. The third kappa shape index (κ3) is 2.94. The van der Waals surface area contributed by atoms with Crippen molar-refractivity contribution in [3.63, 3.8) is 0 Å². The van der Waals surface area contributed by atoms with Crippen molar-refractivity contribution in [2.24, 2.45) is 0 Å². The first-order valence-electron chi connectivity index (χ1n) is 7.00. The average molecular weight is 279 g/mol. The highest BCUT2D eigenvalue weighted by molar-refractivity contribution is 5.88. The molecule has 0 radical (unpaired) electrons. The lowest BCUT2D eigenvalue weighted by Crippen LogP contribution is -2.29. The molecule has 0 atom stereocenters. The van der Waals surface area contributed by atoms with Crippen LogP contribution in [0, 0.1) is 6.92 Å². The smallest absolute Gasteiger partial charge is 0.327 e. The number of aromatic nitrogens is 2. The number of nitrogens with one attached hydrogen (secondary N) is 1. The number of fused-ring (bicyclic) bond motifs is 1. The first-order chi connectivity index (χ1) is 10.2. The van der Waals surface area contributed by atoms with Gasteiger partial charge in [0, 0.05) is 6.54 Å². The zero-order valence-electron chi connectivity index (χ0n) is 11.9. The fraction of sp³-hybridized carbons (Fsp3) is 0.176. The molecule has 4 heteroatoms. The van der Waals surface area contributed by atoms with Gasteiger partial charge in [-0.05, 0) is 31.0 Å². The molecule has 4 nitrogen and oxygen atoms in total. The molecule has 0 aliphatic carbocycles. The van der Waals surface area contributed by atoms with Gasteiger partial charge in [-0.2, -0.15) is 0 Å². The van der Waals surface area contributed by atoms with Crippen molar-refractivity contribution in [3.8, 4) is 0 Å². The Hall–Kier alpha value is -2.62. The normalized spacial score (nSPS) is 10.7. The van der Waals surface area contributed by atoms with Crippen LogP contribution < -0.4 is 5.32 Å². The molecule has 3 aromatic rings. The summed E-state index contributed by atoms with van der Waals surface area (Å²) in [5, 5.41) is 2.92. The Morgan fingerprint density at radius 2 is 1.90 bits per heavy atom. The Bertz CT molecular complexity index is 759. The molecule has 21 heavy (non-hydrogen) atoms. The minimum atomic E-state index is -0.143. The lowest BCUT2D eigenvalue weighted by Gasteiger charge is -2.06. The summed E-state index contributed by atoms with van der Waals surface area (Å²) in [5.41, 5.74) is 4.11. The number of para-hydroxylation sites is 2. The highest BCUT2D eigenvalue weighted by Crippen LogP contribution is 2.11. The van der Waals surface area contributed by atoms with E-state index in [1.165, 1.54) is 11.1 Å². The van der Waals surface area contributed by atoms with Crippen LogP contribution in [-0.4, -0.2) is 22.1 Å². The molecule has 0 spiro atoms. The van der Waals surface area contributed by atoms with Crippen LogP contribution in [0.1, 0.15) is 11.1 Å². The van der Waals surface area contributed by atoms with Crippen LogP contribution >= 0.6 is 0 Å². The fourth-order valence-corrected chi connectivity index (χ4v) is 2.27. The SMILES string of the molecule is Cc1ccc(CCNC(=O)n2cnc3ccccc32)cc1. The van der Waals surface area contributed by atoms with Crippen LogP contribution in [0.5, 0.6) is 0 Å². The van der Waals surface area contributed by atoms with Gasteiger partial charge in [-0.3, -0.25) is 4.57 Å². The van der Waals surface area contributed by atoms with Gasteiger partial charge in [0.1, 0.15) is 6.33 Å². The monoisotopic (exact) mass is 279 g/mol. The number of hydrogen-bond donors (Lipinski definition) is 1. The molecule has 0 saturated heterocycles. The van der Waals surface area contributed by atoms with Crippen LogP contribution in [0.25, 0.3) is 11.0 Å². The first-order valence-corrected chi connectivity index (χ1v) is 7.00. The Labute approximate surface area is 123 Å². The molecule has 0 unspecified atom stereocenters. The molecule has 2 aromatic carbocycles. The van der Waals surface area contributed by atoms with E-state index in [2.05, 4.69) is 41.5 Å². The highest BCUT2D eigenvalue weighted by Gasteiger charge is 2.08. The second-order valence-electron chi connectivity index (χ2n) is 5.07. The molecule has 3 rings (SSSR count). The number of benzene rings is 2. The predicted octanol–water partition coefficient (Wildman–Crippen LogP) is 3.15. The van der Waals surface area contributed by atoms with E-state index in [4.69, 9.17) is 0 Å². The number of carbonyl (C=O) groups excluding carboxylic acids is 1. The minimum Gasteiger partial charge on any atom is -0.337 e. The third-order valence-corrected chi connectivity index (χ3v) is 3.48. The molecule has 0 aliphatic heterocycles. The number of rotatable bonds is 3. The largest absolute Gasteiger partial charge is 0.337 e. The van der Waals surface area contributed by atoms with E-state index in [9.17, 15) is 4.79 Å². The van der Waals surface area contributed by atoms with Gasteiger partial charge >= 0.3 is 6.03 Å². The second-order valence-corrected chi connectivity index (χ2v) is 5.07. The summed E-state index contributed by atoms with van der Waals surface area (Å²) < 4.78 is 1.55. The molecule has 1 heterocycles. The number of hydrogen-bond acceptors (Lipinski definition) is 2. The molecule has 1 amide bonds. The van der Waals surface area contributed by atoms with E-state index in [0.717, 1.165) is 17.5 Å². The topological polar surface area (TPSA) is 46.9 Å². The second kappa shape index (κ2) is 5.79. The van der Waals surface area contributed by atoms with Crippen LogP contribution in [0.15, 0.2) is 54.9 Å². The molecule has 0 aliphatic rings. The number of amides is 1. The molecule has 106 valence electrons. The van der Waals surface area contributed by atoms with Crippen LogP contribution in [-0.2, 0) is 6.42 Å². The zero-order chi connectivity index (χ0) is 14.7. The lowest BCUT2D eigenvalue weighted by molar-refractivity contribution is 0.243. The maximum Gasteiger partial charge on any atom is 0.327 e. The molecule has 1 N–H and O–H groups in total. The molecule has 0 saturated carbocycles. The summed E-state index contributed by atoms with van der Waals surface area (Å²) in [6.07, 6.45) is 2.38. The highest BCUT2D eigenvalue weighted by atomic mass is 16.2. The van der Waals surface area contributed by atoms with Crippen molar-refractivity contribution in [2.45, 2.75) is 13.3 Å². The van der Waals surface area contributed by atoms with E-state index in [1.807, 2.05) is 24.3 Å². The standard InChI is InChI=1S/C17H17N3O/c1-13-6-8-14(9-7-13)10-11-18-17(21)20-12-19-15-4-2-3-5-16(15)20/h2-9,12H,10-11H2,1H3,(H,18,21). The van der Waals surface area contributed by atoms with E-state index in [-0.39, 0.29) is 6.03 Å². The van der Waals surface area contributed by atoms with Crippen molar-refractivity contribution < 1.29 is 4.79 Å². The summed E-state index contributed by atoms with van der Waals surface area (Å²) in [4.78, 5) is 16.4. The quantitative estimate of drug-likeness (QED) is 0.800. The third-order valence-electron chi connectivity index (χ3n) is 3.48. The Morgan fingerprint density at radius 3 is 2.71 bits per heavy atom.